The van der Waals surface area contributed by atoms with Gasteiger partial charge in [-0.05, 0) is 51.5 Å². The van der Waals surface area contributed by atoms with E-state index in [2.05, 4.69) is 15.6 Å². The fraction of sp³-hybridized carbons (Fsp3) is 0.333. The van der Waals surface area contributed by atoms with E-state index in [1.807, 2.05) is 45.9 Å². The maximum atomic E-state index is 13.5. The highest BCUT2D eigenvalue weighted by Crippen LogP contribution is 2.31. The lowest BCUT2D eigenvalue weighted by Crippen LogP contribution is -2.34. The average molecular weight is 508 g/mol. The Kier molecular flexibility index (Phi) is 8.54. The monoisotopic (exact) mass is 507 g/mol. The molecule has 0 bridgehead atoms. The van der Waals surface area contributed by atoms with Crippen molar-refractivity contribution in [2.24, 2.45) is 0 Å². The van der Waals surface area contributed by atoms with Crippen LogP contribution in [0.5, 0.6) is 5.75 Å². The molecule has 0 fully saturated rings. The molecule has 0 aliphatic carbocycles. The van der Waals surface area contributed by atoms with Gasteiger partial charge in [0.15, 0.2) is 5.82 Å². The van der Waals surface area contributed by atoms with Crippen LogP contribution >= 0.6 is 0 Å². The molecule has 0 unspecified atom stereocenters. The molecule has 0 saturated heterocycles. The third-order valence-corrected chi connectivity index (χ3v) is 5.91. The first kappa shape index (κ1) is 27.3. The second-order valence-corrected chi connectivity index (χ2v) is 9.11. The van der Waals surface area contributed by atoms with E-state index in [0.717, 1.165) is 16.0 Å². The van der Waals surface area contributed by atoms with Crippen LogP contribution < -0.4 is 20.9 Å². The quantitative estimate of drug-likeness (QED) is 0.383. The van der Waals surface area contributed by atoms with Crippen molar-refractivity contribution in [2.75, 3.05) is 32.1 Å². The summed E-state index contributed by atoms with van der Waals surface area (Å²) in [5, 5.41) is 15.1. The van der Waals surface area contributed by atoms with Crippen LogP contribution in [0.25, 0.3) is 5.69 Å². The lowest BCUT2D eigenvalue weighted by atomic mass is 9.93. The average Bonchev–Trinajstić information content (AvgIpc) is 2.86. The van der Waals surface area contributed by atoms with E-state index in [4.69, 9.17) is 9.84 Å². The third kappa shape index (κ3) is 6.46. The van der Waals surface area contributed by atoms with E-state index in [-0.39, 0.29) is 30.4 Å². The van der Waals surface area contributed by atoms with Crippen molar-refractivity contribution in [3.8, 4) is 11.4 Å². The van der Waals surface area contributed by atoms with E-state index in [1.165, 1.54) is 17.8 Å². The number of carbonyl (C=O) groups is 2. The van der Waals surface area contributed by atoms with Crippen LogP contribution in [0.4, 0.5) is 10.6 Å². The number of carbonyl (C=O) groups excluding carboxylic acids is 1. The smallest absolute Gasteiger partial charge is 0.407 e. The van der Waals surface area contributed by atoms with Gasteiger partial charge < -0.3 is 25.4 Å². The Hall–Kier alpha value is -4.34. The van der Waals surface area contributed by atoms with Crippen molar-refractivity contribution in [1.82, 2.24) is 19.8 Å². The summed E-state index contributed by atoms with van der Waals surface area (Å²) in [6, 6.07) is 12.6. The first-order valence-electron chi connectivity index (χ1n) is 12.0. The van der Waals surface area contributed by atoms with Gasteiger partial charge in [-0.2, -0.15) is 0 Å². The molecule has 10 nitrogen and oxygen atoms in total. The molecule has 0 radical (unpaired) electrons. The van der Waals surface area contributed by atoms with Crippen LogP contribution in [0, 0.1) is 6.92 Å². The second kappa shape index (κ2) is 11.6. The van der Waals surface area contributed by atoms with Crippen LogP contribution in [0.15, 0.2) is 59.7 Å². The summed E-state index contributed by atoms with van der Waals surface area (Å²) < 4.78 is 7.36. The molecular weight excluding hydrogens is 474 g/mol. The molecule has 3 N–H and O–H groups in total. The Bertz CT molecular complexity index is 1330. The molecule has 0 aliphatic rings. The minimum absolute atomic E-state index is 0.135. The Labute approximate surface area is 215 Å². The van der Waals surface area contributed by atoms with Crippen LogP contribution in [-0.2, 0) is 5.54 Å². The van der Waals surface area contributed by atoms with E-state index in [0.29, 0.717) is 23.5 Å². The van der Waals surface area contributed by atoms with Crippen LogP contribution in [0.1, 0.15) is 42.3 Å². The molecule has 0 spiro atoms. The van der Waals surface area contributed by atoms with Crippen molar-refractivity contribution < 1.29 is 19.4 Å². The fourth-order valence-electron chi connectivity index (χ4n) is 3.82. The zero-order chi connectivity index (χ0) is 27.2. The van der Waals surface area contributed by atoms with Crippen molar-refractivity contribution in [3.05, 3.63) is 81.9 Å². The highest BCUT2D eigenvalue weighted by Gasteiger charge is 2.26. The second-order valence-electron chi connectivity index (χ2n) is 9.11. The van der Waals surface area contributed by atoms with Gasteiger partial charge in [0, 0.05) is 37.1 Å². The molecule has 2 aromatic carbocycles. The van der Waals surface area contributed by atoms with Gasteiger partial charge in [-0.25, -0.2) is 9.78 Å². The number of likely N-dealkylation sites (N-methyl/N-ethyl adjacent to an activating group) is 1. The van der Waals surface area contributed by atoms with Crippen molar-refractivity contribution in [1.29, 1.82) is 0 Å². The number of aryl methyl sites for hydroxylation is 1. The number of aromatic nitrogens is 2. The minimum atomic E-state index is -1.03. The van der Waals surface area contributed by atoms with E-state index >= 15 is 0 Å². The van der Waals surface area contributed by atoms with Crippen molar-refractivity contribution in [2.45, 2.75) is 33.2 Å². The maximum absolute atomic E-state index is 13.5. The number of nitrogens with one attached hydrogen (secondary N) is 2. The number of rotatable bonds is 10. The summed E-state index contributed by atoms with van der Waals surface area (Å²) in [5.74, 6) is 0.493. The largest absolute Gasteiger partial charge is 0.491 e. The summed E-state index contributed by atoms with van der Waals surface area (Å²) in [7, 11) is 1.48. The van der Waals surface area contributed by atoms with Gasteiger partial charge in [-0.1, -0.05) is 24.3 Å². The van der Waals surface area contributed by atoms with Crippen LogP contribution in [0.2, 0.25) is 0 Å². The molecule has 2 amide bonds. The van der Waals surface area contributed by atoms with Gasteiger partial charge in [-0.15, -0.1) is 0 Å². The summed E-state index contributed by atoms with van der Waals surface area (Å²) in [6.45, 7) is 8.40. The Morgan fingerprint density at radius 1 is 1.19 bits per heavy atom. The Balaban J connectivity index is 1.90. The SMILES string of the molecule is CCNC(=O)c1ccc(C)c(-n2ccnc(NC(C)(C)c3ccccc3OCCN(C)C(=O)O)c2=O)c1. The summed E-state index contributed by atoms with van der Waals surface area (Å²) in [4.78, 5) is 42.3. The number of ether oxygens (including phenoxy) is 1. The number of para-hydroxylation sites is 1. The lowest BCUT2D eigenvalue weighted by Gasteiger charge is -2.29. The van der Waals surface area contributed by atoms with Gasteiger partial charge in [0.05, 0.1) is 17.8 Å². The molecular formula is C27H33N5O5. The fourth-order valence-corrected chi connectivity index (χ4v) is 3.82. The molecule has 1 aromatic heterocycles. The standard InChI is InChI=1S/C27H33N5O5/c1-6-28-24(33)19-12-11-18(2)21(17-19)32-14-13-29-23(25(32)34)30-27(3,4)20-9-7-8-10-22(20)37-16-15-31(5)26(35)36/h7-14,17H,6,15-16H2,1-5H3,(H,28,33)(H,29,30)(H,35,36). The Morgan fingerprint density at radius 2 is 1.92 bits per heavy atom. The Morgan fingerprint density at radius 3 is 2.62 bits per heavy atom. The van der Waals surface area contributed by atoms with Gasteiger partial charge in [-0.3, -0.25) is 14.2 Å². The van der Waals surface area contributed by atoms with Crippen molar-refractivity contribution >= 4 is 17.8 Å². The zero-order valence-electron chi connectivity index (χ0n) is 21.7. The molecule has 3 rings (SSSR count). The first-order valence-corrected chi connectivity index (χ1v) is 12.0. The van der Waals surface area contributed by atoms with Crippen LogP contribution in [-0.4, -0.2) is 58.3 Å². The number of hydrogen-bond donors (Lipinski definition) is 3. The van der Waals surface area contributed by atoms with E-state index in [9.17, 15) is 14.4 Å². The minimum Gasteiger partial charge on any atom is -0.491 e. The number of hydrogen-bond acceptors (Lipinski definition) is 6. The first-order chi connectivity index (χ1) is 17.5. The number of anilines is 1. The molecule has 0 atom stereocenters. The number of nitrogens with zero attached hydrogens (tertiary/aromatic N) is 3. The van der Waals surface area contributed by atoms with Crippen LogP contribution in [0.3, 0.4) is 0 Å². The highest BCUT2D eigenvalue weighted by molar-refractivity contribution is 5.94. The number of benzene rings is 2. The zero-order valence-corrected chi connectivity index (χ0v) is 21.7. The number of amides is 2. The number of carboxylic acid groups (broad SMARTS) is 1. The highest BCUT2D eigenvalue weighted by atomic mass is 16.5. The molecule has 196 valence electrons. The van der Waals surface area contributed by atoms with Gasteiger partial charge >= 0.3 is 6.09 Å². The molecule has 0 aliphatic heterocycles. The molecule has 3 aromatic rings. The summed E-state index contributed by atoms with van der Waals surface area (Å²) in [5.41, 5.74) is 1.52. The van der Waals surface area contributed by atoms with E-state index in [1.54, 1.807) is 30.5 Å². The van der Waals surface area contributed by atoms with Gasteiger partial charge in [0.1, 0.15) is 12.4 Å². The maximum Gasteiger partial charge on any atom is 0.407 e. The predicted octanol–water partition coefficient (Wildman–Crippen LogP) is 3.63. The normalized spacial score (nSPS) is 11.1. The van der Waals surface area contributed by atoms with Gasteiger partial charge in [0.25, 0.3) is 11.5 Å². The summed E-state index contributed by atoms with van der Waals surface area (Å²) >= 11 is 0. The molecule has 10 heteroatoms. The molecule has 37 heavy (non-hydrogen) atoms. The topological polar surface area (TPSA) is 126 Å². The van der Waals surface area contributed by atoms with Crippen molar-refractivity contribution in [3.63, 3.8) is 0 Å². The summed E-state index contributed by atoms with van der Waals surface area (Å²) in [6.07, 6.45) is 2.07. The molecule has 0 saturated carbocycles. The lowest BCUT2D eigenvalue weighted by molar-refractivity contribution is 0.0955. The third-order valence-electron chi connectivity index (χ3n) is 5.91. The van der Waals surface area contributed by atoms with E-state index < -0.39 is 11.6 Å². The molecule has 1 heterocycles. The van der Waals surface area contributed by atoms with Gasteiger partial charge in [0.2, 0.25) is 0 Å². The predicted molar refractivity (Wildman–Crippen MR) is 142 cm³/mol.